The van der Waals surface area contributed by atoms with Crippen LogP contribution in [-0.2, 0) is 0 Å². The van der Waals surface area contributed by atoms with Crippen molar-refractivity contribution in [1.82, 2.24) is 9.36 Å². The van der Waals surface area contributed by atoms with Gasteiger partial charge in [-0.05, 0) is 13.8 Å². The molecule has 0 N–H and O–H groups in total. The Morgan fingerprint density at radius 2 is 2.06 bits per heavy atom. The Balaban J connectivity index is 2.81. The molecule has 0 aliphatic carbocycles. The summed E-state index contributed by atoms with van der Waals surface area (Å²) >= 11 is 1.42. The predicted molar refractivity (Wildman–Crippen MR) is 66.7 cm³/mol. The van der Waals surface area contributed by atoms with E-state index in [0.29, 0.717) is 18.4 Å². The Morgan fingerprint density at radius 3 is 2.50 bits per heavy atom. The molecular formula is C11H18N4S. The summed E-state index contributed by atoms with van der Waals surface area (Å²) in [6.45, 7) is 9.10. The van der Waals surface area contributed by atoms with Gasteiger partial charge in [0.2, 0.25) is 5.13 Å². The third kappa shape index (κ3) is 3.17. The lowest BCUT2D eigenvalue weighted by Gasteiger charge is -2.24. The smallest absolute Gasteiger partial charge is 0.205 e. The highest BCUT2D eigenvalue weighted by Crippen LogP contribution is 2.23. The molecule has 16 heavy (non-hydrogen) atoms. The van der Waals surface area contributed by atoms with Crippen molar-refractivity contribution in [3.63, 3.8) is 0 Å². The first-order valence-corrected chi connectivity index (χ1v) is 6.30. The van der Waals surface area contributed by atoms with Gasteiger partial charge in [-0.1, -0.05) is 13.8 Å². The van der Waals surface area contributed by atoms with Gasteiger partial charge in [0, 0.05) is 30.0 Å². The van der Waals surface area contributed by atoms with Crippen LogP contribution in [-0.4, -0.2) is 21.9 Å². The summed E-state index contributed by atoms with van der Waals surface area (Å²) in [6.07, 6.45) is 0.523. The van der Waals surface area contributed by atoms with Crippen LogP contribution in [0.5, 0.6) is 0 Å². The van der Waals surface area contributed by atoms with Crippen molar-refractivity contribution in [2.45, 2.75) is 46.1 Å². The Morgan fingerprint density at radius 1 is 1.38 bits per heavy atom. The third-order valence-corrected chi connectivity index (χ3v) is 3.05. The summed E-state index contributed by atoms with van der Waals surface area (Å²) in [7, 11) is 0. The number of nitriles is 1. The van der Waals surface area contributed by atoms with Crippen molar-refractivity contribution in [3.8, 4) is 6.07 Å². The summed E-state index contributed by atoms with van der Waals surface area (Å²) in [6, 6.07) is 2.52. The molecule has 0 aliphatic heterocycles. The van der Waals surface area contributed by atoms with Crippen molar-refractivity contribution >= 4 is 16.7 Å². The molecule has 0 atom stereocenters. The fourth-order valence-corrected chi connectivity index (χ4v) is 2.29. The van der Waals surface area contributed by atoms with Gasteiger partial charge in [0.1, 0.15) is 5.82 Å². The molecule has 1 aromatic rings. The van der Waals surface area contributed by atoms with E-state index in [1.54, 1.807) is 0 Å². The van der Waals surface area contributed by atoms with Gasteiger partial charge in [-0.25, -0.2) is 4.98 Å². The van der Waals surface area contributed by atoms with Crippen LogP contribution in [0.1, 0.15) is 45.9 Å². The molecule has 0 aliphatic rings. The summed E-state index contributed by atoms with van der Waals surface area (Å²) in [4.78, 5) is 6.64. The first-order valence-electron chi connectivity index (χ1n) is 5.53. The number of aromatic nitrogens is 2. The van der Waals surface area contributed by atoms with Crippen LogP contribution in [0.4, 0.5) is 5.13 Å². The average molecular weight is 238 g/mol. The summed E-state index contributed by atoms with van der Waals surface area (Å²) < 4.78 is 4.33. The molecule has 0 saturated carbocycles. The molecule has 5 heteroatoms. The van der Waals surface area contributed by atoms with Crippen LogP contribution in [0.2, 0.25) is 0 Å². The summed E-state index contributed by atoms with van der Waals surface area (Å²) in [5, 5.41) is 9.55. The first-order chi connectivity index (χ1) is 7.56. The SMILES string of the molecule is CC(C)c1nsc(N(CCC#N)C(C)C)n1. The molecule has 0 bridgehead atoms. The Hall–Kier alpha value is -1.15. The van der Waals surface area contributed by atoms with E-state index in [0.717, 1.165) is 17.5 Å². The fourth-order valence-electron chi connectivity index (χ4n) is 1.32. The van der Waals surface area contributed by atoms with Gasteiger partial charge in [0.15, 0.2) is 0 Å². The van der Waals surface area contributed by atoms with Crippen LogP contribution in [0.15, 0.2) is 0 Å². The van der Waals surface area contributed by atoms with Crippen molar-refractivity contribution in [2.24, 2.45) is 0 Å². The number of hydrogen-bond acceptors (Lipinski definition) is 5. The Bertz CT molecular complexity index is 364. The lowest BCUT2D eigenvalue weighted by Crippen LogP contribution is -2.31. The molecule has 0 fully saturated rings. The second kappa shape index (κ2) is 5.80. The standard InChI is InChI=1S/C11H18N4S/c1-8(2)10-13-11(16-14-10)15(9(3)4)7-5-6-12/h8-9H,5,7H2,1-4H3. The molecule has 1 aromatic heterocycles. The lowest BCUT2D eigenvalue weighted by molar-refractivity contribution is 0.679. The normalized spacial score (nSPS) is 10.8. The van der Waals surface area contributed by atoms with Gasteiger partial charge in [0.05, 0.1) is 12.5 Å². The molecule has 0 aromatic carbocycles. The molecule has 0 spiro atoms. The van der Waals surface area contributed by atoms with Crippen molar-refractivity contribution in [3.05, 3.63) is 5.82 Å². The fraction of sp³-hybridized carbons (Fsp3) is 0.727. The zero-order valence-corrected chi connectivity index (χ0v) is 11.1. The molecule has 0 radical (unpaired) electrons. The zero-order chi connectivity index (χ0) is 12.1. The van der Waals surface area contributed by atoms with Crippen LogP contribution >= 0.6 is 11.5 Å². The van der Waals surface area contributed by atoms with E-state index >= 15 is 0 Å². The second-order valence-corrected chi connectivity index (χ2v) is 5.02. The molecule has 0 unspecified atom stereocenters. The average Bonchev–Trinajstić information content (AvgIpc) is 2.67. The van der Waals surface area contributed by atoms with E-state index in [-0.39, 0.29) is 0 Å². The highest BCUT2D eigenvalue weighted by Gasteiger charge is 2.16. The van der Waals surface area contributed by atoms with Gasteiger partial charge in [0.25, 0.3) is 0 Å². The molecule has 0 saturated heterocycles. The van der Waals surface area contributed by atoms with Crippen LogP contribution < -0.4 is 4.90 Å². The minimum absolute atomic E-state index is 0.348. The van der Waals surface area contributed by atoms with Crippen molar-refractivity contribution in [2.75, 3.05) is 11.4 Å². The monoisotopic (exact) mass is 238 g/mol. The first kappa shape index (κ1) is 12.9. The number of nitrogens with zero attached hydrogens (tertiary/aromatic N) is 4. The summed E-state index contributed by atoms with van der Waals surface area (Å²) in [5.74, 6) is 1.25. The van der Waals surface area contributed by atoms with Crippen LogP contribution in [0, 0.1) is 11.3 Å². The van der Waals surface area contributed by atoms with E-state index in [1.165, 1.54) is 11.5 Å². The molecular weight excluding hydrogens is 220 g/mol. The van der Waals surface area contributed by atoms with E-state index in [2.05, 4.69) is 48.0 Å². The lowest BCUT2D eigenvalue weighted by atomic mass is 10.2. The maximum atomic E-state index is 8.63. The quantitative estimate of drug-likeness (QED) is 0.791. The van der Waals surface area contributed by atoms with Crippen LogP contribution in [0.3, 0.4) is 0 Å². The highest BCUT2D eigenvalue weighted by molar-refractivity contribution is 7.09. The Kier molecular flexibility index (Phi) is 4.69. The van der Waals surface area contributed by atoms with E-state index in [4.69, 9.17) is 5.26 Å². The minimum atomic E-state index is 0.348. The minimum Gasteiger partial charge on any atom is -0.343 e. The Labute approximate surface area is 101 Å². The number of rotatable bonds is 5. The van der Waals surface area contributed by atoms with Gasteiger partial charge in [-0.2, -0.15) is 9.64 Å². The highest BCUT2D eigenvalue weighted by atomic mass is 32.1. The van der Waals surface area contributed by atoms with E-state index in [9.17, 15) is 0 Å². The molecule has 0 amide bonds. The van der Waals surface area contributed by atoms with Crippen LogP contribution in [0.25, 0.3) is 0 Å². The van der Waals surface area contributed by atoms with E-state index in [1.807, 2.05) is 0 Å². The van der Waals surface area contributed by atoms with Crippen molar-refractivity contribution < 1.29 is 0 Å². The van der Waals surface area contributed by atoms with E-state index < -0.39 is 0 Å². The van der Waals surface area contributed by atoms with Gasteiger partial charge < -0.3 is 4.90 Å². The molecule has 88 valence electrons. The number of anilines is 1. The zero-order valence-electron chi connectivity index (χ0n) is 10.3. The maximum absolute atomic E-state index is 8.63. The molecule has 4 nitrogen and oxygen atoms in total. The van der Waals surface area contributed by atoms with Gasteiger partial charge in [-0.3, -0.25) is 0 Å². The van der Waals surface area contributed by atoms with Crippen molar-refractivity contribution in [1.29, 1.82) is 5.26 Å². The number of hydrogen-bond donors (Lipinski definition) is 0. The van der Waals surface area contributed by atoms with Gasteiger partial charge >= 0.3 is 0 Å². The molecule has 1 heterocycles. The molecule has 1 rings (SSSR count). The maximum Gasteiger partial charge on any atom is 0.205 e. The van der Waals surface area contributed by atoms with Gasteiger partial charge in [-0.15, -0.1) is 0 Å². The second-order valence-electron chi connectivity index (χ2n) is 4.29. The summed E-state index contributed by atoms with van der Waals surface area (Å²) in [5.41, 5.74) is 0. The third-order valence-electron chi connectivity index (χ3n) is 2.28. The predicted octanol–water partition coefficient (Wildman–Crippen LogP) is 2.79. The largest absolute Gasteiger partial charge is 0.343 e. The topological polar surface area (TPSA) is 52.8 Å².